The number of hydrogen-bond donors (Lipinski definition) is 1. The third-order valence-electron chi connectivity index (χ3n) is 13.0. The zero-order valence-electron chi connectivity index (χ0n) is 33.0. The van der Waals surface area contributed by atoms with Crippen LogP contribution in [0.3, 0.4) is 0 Å². The predicted molar refractivity (Wildman–Crippen MR) is 223 cm³/mol. The fourth-order valence-electron chi connectivity index (χ4n) is 9.42. The molecule has 1 amide bonds. The third-order valence-corrected chi connectivity index (χ3v) is 15.3. The van der Waals surface area contributed by atoms with E-state index >= 15 is 0 Å². The van der Waals surface area contributed by atoms with Crippen molar-refractivity contribution in [2.75, 3.05) is 69.3 Å². The predicted octanol–water partition coefficient (Wildman–Crippen LogP) is 7.44. The average molecular weight is 791 g/mol. The highest BCUT2D eigenvalue weighted by Gasteiger charge is 2.49. The highest BCUT2D eigenvalue weighted by molar-refractivity contribution is 7.90. The van der Waals surface area contributed by atoms with Gasteiger partial charge < -0.3 is 19.3 Å². The maximum absolute atomic E-state index is 13.6. The Morgan fingerprint density at radius 1 is 1.02 bits per heavy atom. The Labute approximate surface area is 333 Å². The molecule has 0 radical (unpaired) electrons. The zero-order chi connectivity index (χ0) is 38.7. The summed E-state index contributed by atoms with van der Waals surface area (Å²) in [5, 5.41) is -0.788. The number of carbonyl (C=O) groups is 1. The van der Waals surface area contributed by atoms with Crippen LogP contribution in [0.4, 0.5) is 11.4 Å². The minimum absolute atomic E-state index is 0.00698. The van der Waals surface area contributed by atoms with Gasteiger partial charge in [0.2, 0.25) is 10.0 Å². The molecule has 0 aromatic heterocycles. The van der Waals surface area contributed by atoms with Crippen LogP contribution in [0.15, 0.2) is 84.0 Å². The molecule has 2 aliphatic carbocycles. The number of piperazine rings is 1. The largest absolute Gasteiger partial charge is 0.491 e. The Morgan fingerprint density at radius 3 is 2.51 bits per heavy atom. The molecule has 11 heteroatoms. The van der Waals surface area contributed by atoms with Crippen molar-refractivity contribution in [3.05, 3.63) is 89.5 Å². The molecule has 3 heterocycles. The molecule has 5 aliphatic rings. The summed E-state index contributed by atoms with van der Waals surface area (Å²) in [5.74, 6) is 0.563. The van der Waals surface area contributed by atoms with Gasteiger partial charge in [-0.3, -0.25) is 9.69 Å². The number of carbonyl (C=O) groups excluding carboxylic acids is 1. The van der Waals surface area contributed by atoms with Gasteiger partial charge in [-0.15, -0.1) is 11.6 Å². The Morgan fingerprint density at radius 2 is 1.80 bits per heavy atom. The first-order valence-corrected chi connectivity index (χ1v) is 22.4. The Balaban J connectivity index is 1.24. The number of allylic oxidation sites excluding steroid dienone is 4. The summed E-state index contributed by atoms with van der Waals surface area (Å²) in [5.41, 5.74) is 4.55. The second kappa shape index (κ2) is 17.0. The van der Waals surface area contributed by atoms with Crippen molar-refractivity contribution in [3.8, 4) is 5.75 Å². The lowest BCUT2D eigenvalue weighted by Crippen LogP contribution is -2.58. The van der Waals surface area contributed by atoms with E-state index in [9.17, 15) is 13.2 Å². The highest BCUT2D eigenvalue weighted by Crippen LogP contribution is 2.47. The van der Waals surface area contributed by atoms with Crippen molar-refractivity contribution >= 4 is 38.9 Å². The van der Waals surface area contributed by atoms with Gasteiger partial charge in [-0.05, 0) is 92.7 Å². The normalized spacial score (nSPS) is 32.1. The molecule has 1 saturated carbocycles. The number of nitrogens with zero attached hydrogens (tertiary/aromatic N) is 3. The minimum atomic E-state index is -3.96. The number of ether oxygens (including phenoxy) is 2. The molecular formula is C44H59ClN4O5S. The van der Waals surface area contributed by atoms with Gasteiger partial charge in [-0.25, -0.2) is 13.1 Å². The molecule has 7 atom stereocenters. The summed E-state index contributed by atoms with van der Waals surface area (Å²) >= 11 is 6.64. The van der Waals surface area contributed by atoms with Crippen molar-refractivity contribution in [1.82, 2.24) is 9.62 Å². The number of halogens is 1. The molecule has 55 heavy (non-hydrogen) atoms. The number of benzene rings is 2. The van der Waals surface area contributed by atoms with E-state index in [2.05, 4.69) is 81.0 Å². The van der Waals surface area contributed by atoms with Gasteiger partial charge in [-0.2, -0.15) is 0 Å². The first-order chi connectivity index (χ1) is 26.5. The topological polar surface area (TPSA) is 91.4 Å². The minimum Gasteiger partial charge on any atom is -0.491 e. The Hall–Kier alpha value is -3.31. The lowest BCUT2D eigenvalue weighted by molar-refractivity contribution is -0.0919. The molecule has 1 N–H and O–H groups in total. The number of amides is 1. The summed E-state index contributed by atoms with van der Waals surface area (Å²) in [6.45, 7) is 12.4. The lowest BCUT2D eigenvalue weighted by Gasteiger charge is -2.52. The summed E-state index contributed by atoms with van der Waals surface area (Å²) in [4.78, 5) is 21.0. The average Bonchev–Trinajstić information content (AvgIpc) is 3.35. The summed E-state index contributed by atoms with van der Waals surface area (Å²) in [7, 11) is -2.11. The van der Waals surface area contributed by atoms with E-state index in [1.54, 1.807) is 13.0 Å². The van der Waals surface area contributed by atoms with Crippen LogP contribution in [0, 0.1) is 23.7 Å². The Bertz CT molecular complexity index is 1880. The van der Waals surface area contributed by atoms with E-state index in [4.69, 9.17) is 21.1 Å². The van der Waals surface area contributed by atoms with Crippen molar-refractivity contribution < 1.29 is 22.7 Å². The zero-order valence-corrected chi connectivity index (χ0v) is 34.5. The van der Waals surface area contributed by atoms with Crippen molar-refractivity contribution in [1.29, 1.82) is 0 Å². The molecule has 3 aliphatic heterocycles. The van der Waals surface area contributed by atoms with Crippen LogP contribution in [0.5, 0.6) is 5.75 Å². The number of para-hydroxylation sites is 1. The van der Waals surface area contributed by atoms with E-state index < -0.39 is 26.8 Å². The quantitative estimate of drug-likeness (QED) is 0.229. The molecule has 9 nitrogen and oxygen atoms in total. The summed E-state index contributed by atoms with van der Waals surface area (Å²) in [6.07, 6.45) is 14.3. The van der Waals surface area contributed by atoms with Crippen LogP contribution in [0.25, 0.3) is 0 Å². The van der Waals surface area contributed by atoms with Crippen LogP contribution >= 0.6 is 11.6 Å². The second-order valence-corrected chi connectivity index (χ2v) is 19.1. The van der Waals surface area contributed by atoms with Crippen molar-refractivity contribution in [3.63, 3.8) is 0 Å². The van der Waals surface area contributed by atoms with Gasteiger partial charge in [0, 0.05) is 70.1 Å². The van der Waals surface area contributed by atoms with Crippen LogP contribution < -0.4 is 19.3 Å². The second-order valence-electron chi connectivity index (χ2n) is 16.5. The van der Waals surface area contributed by atoms with Gasteiger partial charge in [-0.1, -0.05) is 68.3 Å². The smallest absolute Gasteiger partial charge is 0.264 e. The molecule has 298 valence electrons. The molecule has 2 bridgehead atoms. The van der Waals surface area contributed by atoms with Gasteiger partial charge in [0.1, 0.15) is 11.4 Å². The molecule has 1 saturated heterocycles. The standard InChI is InChI=1S/C44H59ClN4O5S/c1-5-10-33-25-37(45)16-17-39(33)36-28-49-27-35-14-18-40(35)44(53-4,30-47-21-23-48(24-22-47)38-12-7-6-8-13-38)20-9-11-31(2)32(3)55(51,52)46-43(50)34-15-19-42(54-29-36)41(49)26-34/h6-9,12-13,15-17,19-20,26,31-32,35-37,40H,5,10-11,14,18,21-25,27-30H2,1-4H3,(H,46,50)/b20-9+. The van der Waals surface area contributed by atoms with E-state index in [0.29, 0.717) is 36.8 Å². The fourth-order valence-corrected chi connectivity index (χ4v) is 11.0. The molecule has 2 aromatic carbocycles. The number of fused-ring (bicyclic) bond motifs is 2. The molecular weight excluding hydrogens is 732 g/mol. The van der Waals surface area contributed by atoms with Crippen molar-refractivity contribution in [2.24, 2.45) is 23.7 Å². The van der Waals surface area contributed by atoms with E-state index in [1.807, 2.05) is 26.2 Å². The number of sulfonamides is 1. The molecule has 2 aromatic rings. The number of anilines is 2. The first-order valence-electron chi connectivity index (χ1n) is 20.4. The summed E-state index contributed by atoms with van der Waals surface area (Å²) < 4.78 is 42.9. The van der Waals surface area contributed by atoms with Crippen LogP contribution in [-0.2, 0) is 14.8 Å². The molecule has 7 rings (SSSR count). The summed E-state index contributed by atoms with van der Waals surface area (Å²) in [6, 6.07) is 16.0. The number of rotatable bonds is 7. The van der Waals surface area contributed by atoms with E-state index in [-0.39, 0.29) is 23.1 Å². The SMILES string of the molecule is CCCC1=C(C2COc3ccc4cc3N(C2)CC2CCC2C(CN2CCN(c3ccccc3)CC2)(OC)/C=C/CC(C)C(C)S(=O)(=O)NC4=O)C=CC(Cl)C1. The molecule has 0 spiro atoms. The number of hydrogen-bond acceptors (Lipinski definition) is 8. The Kier molecular flexibility index (Phi) is 12.4. The number of nitrogens with one attached hydrogen (secondary N) is 1. The van der Waals surface area contributed by atoms with Gasteiger partial charge in [0.25, 0.3) is 5.91 Å². The maximum atomic E-state index is 13.6. The van der Waals surface area contributed by atoms with Crippen LogP contribution in [-0.4, -0.2) is 95.0 Å². The number of methoxy groups -OCH3 is 1. The van der Waals surface area contributed by atoms with Gasteiger partial charge in [0.15, 0.2) is 0 Å². The third kappa shape index (κ3) is 8.68. The maximum Gasteiger partial charge on any atom is 0.264 e. The fraction of sp³-hybridized carbons (Fsp3) is 0.568. The monoisotopic (exact) mass is 790 g/mol. The van der Waals surface area contributed by atoms with Crippen LogP contribution in [0.1, 0.15) is 69.7 Å². The van der Waals surface area contributed by atoms with E-state index in [0.717, 1.165) is 77.1 Å². The van der Waals surface area contributed by atoms with Crippen LogP contribution in [0.2, 0.25) is 0 Å². The van der Waals surface area contributed by atoms with Crippen molar-refractivity contribution in [2.45, 2.75) is 75.5 Å². The highest BCUT2D eigenvalue weighted by atomic mass is 35.5. The molecule has 2 fully saturated rings. The molecule has 7 unspecified atom stereocenters. The van der Waals surface area contributed by atoms with Gasteiger partial charge >= 0.3 is 0 Å². The van der Waals surface area contributed by atoms with Gasteiger partial charge in [0.05, 0.1) is 22.9 Å². The lowest BCUT2D eigenvalue weighted by atomic mass is 9.63. The first kappa shape index (κ1) is 39.9. The van der Waals surface area contributed by atoms with E-state index in [1.165, 1.54) is 16.8 Å². The number of alkyl halides is 1.